The van der Waals surface area contributed by atoms with Crippen molar-refractivity contribution in [3.63, 3.8) is 0 Å². The number of carboxylic acids is 1. The second-order valence-corrected chi connectivity index (χ2v) is 5.92. The van der Waals surface area contributed by atoms with Crippen LogP contribution in [0.1, 0.15) is 39.5 Å². The SMILES string of the molecule is CC(C)CC(C(=O)O)N(C)C(=O)C1CCCCN1C. The van der Waals surface area contributed by atoms with E-state index in [1.807, 2.05) is 25.8 Å². The number of aliphatic carboxylic acids is 1. The number of carbonyl (C=O) groups is 2. The molecule has 1 aliphatic heterocycles. The van der Waals surface area contributed by atoms with Gasteiger partial charge < -0.3 is 10.0 Å². The smallest absolute Gasteiger partial charge is 0.326 e. The van der Waals surface area contributed by atoms with E-state index in [-0.39, 0.29) is 17.9 Å². The van der Waals surface area contributed by atoms with Gasteiger partial charge in [-0.2, -0.15) is 0 Å². The molecule has 2 unspecified atom stereocenters. The van der Waals surface area contributed by atoms with E-state index in [2.05, 4.69) is 0 Å². The fourth-order valence-electron chi connectivity index (χ4n) is 2.65. The fourth-order valence-corrected chi connectivity index (χ4v) is 2.65. The summed E-state index contributed by atoms with van der Waals surface area (Å²) in [6.07, 6.45) is 3.47. The highest BCUT2D eigenvalue weighted by Gasteiger charge is 2.34. The maximum atomic E-state index is 12.5. The Morgan fingerprint density at radius 2 is 2.00 bits per heavy atom. The molecule has 2 atom stereocenters. The van der Waals surface area contributed by atoms with E-state index in [1.54, 1.807) is 7.05 Å². The molecular weight excluding hydrogens is 244 g/mol. The number of piperidine rings is 1. The lowest BCUT2D eigenvalue weighted by molar-refractivity contribution is -0.152. The van der Waals surface area contributed by atoms with Crippen molar-refractivity contribution >= 4 is 11.9 Å². The third-order valence-corrected chi connectivity index (χ3v) is 3.85. The summed E-state index contributed by atoms with van der Waals surface area (Å²) >= 11 is 0. The molecule has 1 rings (SSSR count). The average molecular weight is 270 g/mol. The lowest BCUT2D eigenvalue weighted by Gasteiger charge is -2.36. The van der Waals surface area contributed by atoms with Gasteiger partial charge in [-0.1, -0.05) is 20.3 Å². The monoisotopic (exact) mass is 270 g/mol. The van der Waals surface area contributed by atoms with Crippen LogP contribution < -0.4 is 0 Å². The van der Waals surface area contributed by atoms with Crippen LogP contribution in [0.4, 0.5) is 0 Å². The average Bonchev–Trinajstić information content (AvgIpc) is 2.34. The molecule has 19 heavy (non-hydrogen) atoms. The Labute approximate surface area is 115 Å². The maximum absolute atomic E-state index is 12.5. The summed E-state index contributed by atoms with van der Waals surface area (Å²) in [7, 11) is 3.56. The van der Waals surface area contributed by atoms with Crippen LogP contribution >= 0.6 is 0 Å². The summed E-state index contributed by atoms with van der Waals surface area (Å²) in [5.41, 5.74) is 0. The summed E-state index contributed by atoms with van der Waals surface area (Å²) in [6.45, 7) is 4.86. The number of hydrogen-bond acceptors (Lipinski definition) is 3. The number of rotatable bonds is 5. The Balaban J connectivity index is 2.74. The molecule has 0 saturated carbocycles. The minimum Gasteiger partial charge on any atom is -0.480 e. The predicted octanol–water partition coefficient (Wildman–Crippen LogP) is 1.43. The van der Waals surface area contributed by atoms with Crippen LogP contribution in [0.25, 0.3) is 0 Å². The standard InChI is InChI=1S/C14H26N2O3/c1-10(2)9-12(14(18)19)16(4)13(17)11-7-5-6-8-15(11)3/h10-12H,5-9H2,1-4H3,(H,18,19). The van der Waals surface area contributed by atoms with E-state index < -0.39 is 12.0 Å². The fraction of sp³-hybridized carbons (Fsp3) is 0.857. The topological polar surface area (TPSA) is 60.9 Å². The lowest BCUT2D eigenvalue weighted by Crippen LogP contribution is -2.53. The molecule has 0 radical (unpaired) electrons. The summed E-state index contributed by atoms with van der Waals surface area (Å²) < 4.78 is 0. The Kier molecular flexibility index (Phi) is 5.79. The Morgan fingerprint density at radius 3 is 2.47 bits per heavy atom. The van der Waals surface area contributed by atoms with Crippen molar-refractivity contribution in [3.05, 3.63) is 0 Å². The zero-order valence-corrected chi connectivity index (χ0v) is 12.4. The van der Waals surface area contributed by atoms with E-state index in [9.17, 15) is 14.7 Å². The molecule has 0 aromatic carbocycles. The van der Waals surface area contributed by atoms with Crippen molar-refractivity contribution in [2.24, 2.45) is 5.92 Å². The second-order valence-electron chi connectivity index (χ2n) is 5.92. The van der Waals surface area contributed by atoms with Crippen molar-refractivity contribution < 1.29 is 14.7 Å². The van der Waals surface area contributed by atoms with Gasteiger partial charge in [-0.15, -0.1) is 0 Å². The quantitative estimate of drug-likeness (QED) is 0.821. The van der Waals surface area contributed by atoms with Gasteiger partial charge in [-0.25, -0.2) is 4.79 Å². The summed E-state index contributed by atoms with van der Waals surface area (Å²) in [4.78, 5) is 27.3. The Hall–Kier alpha value is -1.10. The zero-order chi connectivity index (χ0) is 14.6. The van der Waals surface area contributed by atoms with Crippen molar-refractivity contribution in [2.45, 2.75) is 51.6 Å². The maximum Gasteiger partial charge on any atom is 0.326 e. The van der Waals surface area contributed by atoms with Gasteiger partial charge in [0.25, 0.3) is 0 Å². The lowest BCUT2D eigenvalue weighted by atomic mass is 9.99. The first-order valence-electron chi connectivity index (χ1n) is 7.04. The number of hydrogen-bond donors (Lipinski definition) is 1. The summed E-state index contributed by atoms with van der Waals surface area (Å²) in [5.74, 6) is -0.723. The van der Waals surface area contributed by atoms with E-state index in [0.29, 0.717) is 6.42 Å². The predicted molar refractivity (Wildman–Crippen MR) is 73.9 cm³/mol. The van der Waals surface area contributed by atoms with E-state index in [4.69, 9.17) is 0 Å². The number of amides is 1. The molecule has 1 saturated heterocycles. The second kappa shape index (κ2) is 6.89. The molecule has 1 heterocycles. The zero-order valence-electron chi connectivity index (χ0n) is 12.4. The van der Waals surface area contributed by atoms with E-state index in [1.165, 1.54) is 4.90 Å². The van der Waals surface area contributed by atoms with Gasteiger partial charge >= 0.3 is 5.97 Å². The van der Waals surface area contributed by atoms with Crippen LogP contribution in [0.2, 0.25) is 0 Å². The van der Waals surface area contributed by atoms with Crippen molar-refractivity contribution in [2.75, 3.05) is 20.6 Å². The number of carbonyl (C=O) groups excluding carboxylic acids is 1. The molecule has 0 spiro atoms. The van der Waals surface area contributed by atoms with Gasteiger partial charge in [0.15, 0.2) is 0 Å². The first kappa shape index (κ1) is 16.0. The molecule has 5 heteroatoms. The van der Waals surface area contributed by atoms with Crippen LogP contribution in [-0.4, -0.2) is 59.5 Å². The van der Waals surface area contributed by atoms with Gasteiger partial charge in [0.05, 0.1) is 6.04 Å². The number of carboxylic acid groups (broad SMARTS) is 1. The molecule has 0 aliphatic carbocycles. The van der Waals surface area contributed by atoms with E-state index >= 15 is 0 Å². The number of likely N-dealkylation sites (tertiary alicyclic amines) is 1. The first-order valence-corrected chi connectivity index (χ1v) is 7.04. The minimum absolute atomic E-state index is 0.0600. The molecular formula is C14H26N2O3. The van der Waals surface area contributed by atoms with Crippen LogP contribution in [0.3, 0.4) is 0 Å². The number of likely N-dealkylation sites (N-methyl/N-ethyl adjacent to an activating group) is 2. The third kappa shape index (κ3) is 4.20. The molecule has 1 amide bonds. The van der Waals surface area contributed by atoms with Gasteiger partial charge in [-0.05, 0) is 38.8 Å². The van der Waals surface area contributed by atoms with Gasteiger partial charge in [0.2, 0.25) is 5.91 Å². The van der Waals surface area contributed by atoms with Gasteiger partial charge in [-0.3, -0.25) is 9.69 Å². The van der Waals surface area contributed by atoms with Gasteiger partial charge in [0.1, 0.15) is 6.04 Å². The minimum atomic E-state index is -0.914. The molecule has 0 bridgehead atoms. The normalized spacial score (nSPS) is 22.3. The molecule has 110 valence electrons. The molecule has 1 fully saturated rings. The van der Waals surface area contributed by atoms with Crippen molar-refractivity contribution in [3.8, 4) is 0 Å². The molecule has 0 aromatic rings. The van der Waals surface area contributed by atoms with Gasteiger partial charge in [0, 0.05) is 7.05 Å². The molecule has 0 aromatic heterocycles. The first-order chi connectivity index (χ1) is 8.84. The highest BCUT2D eigenvalue weighted by atomic mass is 16.4. The molecule has 5 nitrogen and oxygen atoms in total. The third-order valence-electron chi connectivity index (χ3n) is 3.85. The summed E-state index contributed by atoms with van der Waals surface area (Å²) in [6, 6.07) is -0.879. The van der Waals surface area contributed by atoms with Crippen molar-refractivity contribution in [1.82, 2.24) is 9.80 Å². The van der Waals surface area contributed by atoms with Crippen LogP contribution in [0, 0.1) is 5.92 Å². The highest BCUT2D eigenvalue weighted by Crippen LogP contribution is 2.19. The largest absolute Gasteiger partial charge is 0.480 e. The molecule has 1 N–H and O–H groups in total. The molecule has 1 aliphatic rings. The van der Waals surface area contributed by atoms with E-state index in [0.717, 1.165) is 25.8 Å². The van der Waals surface area contributed by atoms with Crippen molar-refractivity contribution in [1.29, 1.82) is 0 Å². The van der Waals surface area contributed by atoms with Crippen LogP contribution in [-0.2, 0) is 9.59 Å². The number of nitrogens with zero attached hydrogens (tertiary/aromatic N) is 2. The Bertz CT molecular complexity index is 331. The highest BCUT2D eigenvalue weighted by molar-refractivity contribution is 5.86. The van der Waals surface area contributed by atoms with Crippen LogP contribution in [0.15, 0.2) is 0 Å². The van der Waals surface area contributed by atoms with Crippen LogP contribution in [0.5, 0.6) is 0 Å². The Morgan fingerprint density at radius 1 is 1.37 bits per heavy atom. The summed E-state index contributed by atoms with van der Waals surface area (Å²) in [5, 5.41) is 9.30.